The predicted molar refractivity (Wildman–Crippen MR) is 88.6 cm³/mol. The maximum Gasteiger partial charge on any atom is 0.115 e. The highest BCUT2D eigenvalue weighted by Gasteiger charge is 2.15. The van der Waals surface area contributed by atoms with Gasteiger partial charge in [-0.2, -0.15) is 0 Å². The van der Waals surface area contributed by atoms with Crippen molar-refractivity contribution in [3.8, 4) is 28.3 Å². The average Bonchev–Trinajstić information content (AvgIpc) is 2.96. The molecule has 2 N–H and O–H groups in total. The topological polar surface area (TPSA) is 48.9 Å². The van der Waals surface area contributed by atoms with E-state index in [1.807, 2.05) is 42.5 Å². The van der Waals surface area contributed by atoms with Crippen molar-refractivity contribution in [2.24, 2.45) is 0 Å². The first kappa shape index (κ1) is 12.7. The molecule has 0 amide bonds. The van der Waals surface area contributed by atoms with Gasteiger partial charge >= 0.3 is 0 Å². The number of benzene rings is 2. The van der Waals surface area contributed by atoms with Gasteiger partial charge in [-0.25, -0.2) is 0 Å². The largest absolute Gasteiger partial charge is 0.508 e. The van der Waals surface area contributed by atoms with E-state index in [1.165, 1.54) is 0 Å². The Bertz CT molecular complexity index is 925. The van der Waals surface area contributed by atoms with Crippen LogP contribution in [0.1, 0.15) is 0 Å². The molecule has 3 nitrogen and oxygen atoms in total. The molecule has 0 unspecified atom stereocenters. The molecule has 0 bridgehead atoms. The van der Waals surface area contributed by atoms with E-state index in [-0.39, 0.29) is 5.75 Å². The number of fused-ring (bicyclic) bond motifs is 1. The summed E-state index contributed by atoms with van der Waals surface area (Å²) < 4.78 is 0. The fourth-order valence-corrected chi connectivity index (χ4v) is 2.77. The van der Waals surface area contributed by atoms with Crippen LogP contribution in [0.25, 0.3) is 33.4 Å². The van der Waals surface area contributed by atoms with Gasteiger partial charge in [0.2, 0.25) is 0 Å². The zero-order valence-electron chi connectivity index (χ0n) is 11.8. The van der Waals surface area contributed by atoms with Crippen molar-refractivity contribution in [1.82, 2.24) is 9.97 Å². The van der Waals surface area contributed by atoms with Crippen LogP contribution in [-0.4, -0.2) is 15.1 Å². The molecular formula is C19H14N2O. The molecule has 4 aromatic rings. The highest BCUT2D eigenvalue weighted by Crippen LogP contribution is 2.37. The lowest BCUT2D eigenvalue weighted by molar-refractivity contribution is 0.475. The van der Waals surface area contributed by atoms with Crippen LogP contribution in [-0.2, 0) is 0 Å². The Labute approximate surface area is 127 Å². The molecule has 2 heterocycles. The number of nitrogens with zero attached hydrogens (tertiary/aromatic N) is 1. The van der Waals surface area contributed by atoms with Crippen LogP contribution in [0.15, 0.2) is 72.9 Å². The van der Waals surface area contributed by atoms with Crippen LogP contribution in [0.4, 0.5) is 0 Å². The summed E-state index contributed by atoms with van der Waals surface area (Å²) in [6, 6.07) is 21.4. The van der Waals surface area contributed by atoms with E-state index in [0.29, 0.717) is 0 Å². The molecule has 0 radical (unpaired) electrons. The molecule has 106 valence electrons. The van der Waals surface area contributed by atoms with E-state index >= 15 is 0 Å². The molecule has 0 saturated heterocycles. The second-order valence-electron chi connectivity index (χ2n) is 5.18. The van der Waals surface area contributed by atoms with Gasteiger partial charge in [0.15, 0.2) is 0 Å². The molecule has 0 atom stereocenters. The van der Waals surface area contributed by atoms with Crippen LogP contribution in [0, 0.1) is 0 Å². The minimum Gasteiger partial charge on any atom is -0.508 e. The first-order valence-electron chi connectivity index (χ1n) is 7.14. The monoisotopic (exact) mass is 286 g/mol. The first-order valence-corrected chi connectivity index (χ1v) is 7.14. The van der Waals surface area contributed by atoms with E-state index in [1.54, 1.807) is 18.3 Å². The summed E-state index contributed by atoms with van der Waals surface area (Å²) in [6.07, 6.45) is 1.79. The van der Waals surface area contributed by atoms with Crippen LogP contribution in [0.5, 0.6) is 5.75 Å². The van der Waals surface area contributed by atoms with Crippen molar-refractivity contribution in [2.45, 2.75) is 0 Å². The Morgan fingerprint density at radius 3 is 2.36 bits per heavy atom. The number of aromatic nitrogens is 2. The third-order valence-electron chi connectivity index (χ3n) is 3.78. The highest BCUT2D eigenvalue weighted by atomic mass is 16.3. The molecule has 0 saturated carbocycles. The Balaban J connectivity index is 2.04. The van der Waals surface area contributed by atoms with Crippen molar-refractivity contribution in [3.63, 3.8) is 0 Å². The van der Waals surface area contributed by atoms with E-state index in [4.69, 9.17) is 0 Å². The maximum absolute atomic E-state index is 9.53. The molecule has 0 spiro atoms. The average molecular weight is 286 g/mol. The van der Waals surface area contributed by atoms with Crippen LogP contribution in [0.3, 0.4) is 0 Å². The van der Waals surface area contributed by atoms with Gasteiger partial charge in [-0.15, -0.1) is 0 Å². The Morgan fingerprint density at radius 2 is 1.59 bits per heavy atom. The molecule has 0 aliphatic rings. The van der Waals surface area contributed by atoms with Gasteiger partial charge in [0.1, 0.15) is 5.75 Å². The zero-order valence-corrected chi connectivity index (χ0v) is 11.8. The van der Waals surface area contributed by atoms with Crippen LogP contribution >= 0.6 is 0 Å². The van der Waals surface area contributed by atoms with Gasteiger partial charge in [0, 0.05) is 22.7 Å². The second-order valence-corrected chi connectivity index (χ2v) is 5.18. The quantitative estimate of drug-likeness (QED) is 0.565. The number of H-pyrrole nitrogens is 1. The van der Waals surface area contributed by atoms with Gasteiger partial charge in [0.25, 0.3) is 0 Å². The molecule has 2 aromatic heterocycles. The van der Waals surface area contributed by atoms with Gasteiger partial charge in [-0.1, -0.05) is 36.4 Å². The number of phenols is 1. The zero-order chi connectivity index (χ0) is 14.9. The molecular weight excluding hydrogens is 272 g/mol. The van der Waals surface area contributed by atoms with Crippen LogP contribution < -0.4 is 0 Å². The Morgan fingerprint density at radius 1 is 0.818 bits per heavy atom. The number of pyridine rings is 1. The smallest absolute Gasteiger partial charge is 0.115 e. The molecule has 0 aliphatic carbocycles. The highest BCUT2D eigenvalue weighted by molar-refractivity contribution is 6.03. The van der Waals surface area contributed by atoms with E-state index < -0.39 is 0 Å². The minimum absolute atomic E-state index is 0.267. The standard InChI is InChI=1S/C19H14N2O/c22-14-10-8-13(9-11-14)18-15-5-1-2-6-16(15)21-19(18)17-7-3-4-12-20-17/h1-12,21-22H. The summed E-state index contributed by atoms with van der Waals surface area (Å²) in [5.41, 5.74) is 5.13. The van der Waals surface area contributed by atoms with Gasteiger partial charge in [0.05, 0.1) is 11.4 Å². The molecule has 4 rings (SSSR count). The number of rotatable bonds is 2. The van der Waals surface area contributed by atoms with E-state index in [0.717, 1.165) is 33.4 Å². The fraction of sp³-hybridized carbons (Fsp3) is 0. The number of aromatic hydroxyl groups is 1. The molecule has 2 aromatic carbocycles. The number of phenolic OH excluding ortho intramolecular Hbond substituents is 1. The number of nitrogens with one attached hydrogen (secondary N) is 1. The summed E-state index contributed by atoms with van der Waals surface area (Å²) >= 11 is 0. The third kappa shape index (κ3) is 2.04. The third-order valence-corrected chi connectivity index (χ3v) is 3.78. The predicted octanol–water partition coefficient (Wildman–Crippen LogP) is 4.60. The van der Waals surface area contributed by atoms with Crippen molar-refractivity contribution in [3.05, 3.63) is 72.9 Å². The lowest BCUT2D eigenvalue weighted by Gasteiger charge is -2.05. The first-order chi connectivity index (χ1) is 10.8. The Kier molecular flexibility index (Phi) is 2.90. The second kappa shape index (κ2) is 5.04. The SMILES string of the molecule is Oc1ccc(-c2c(-c3ccccn3)[nH]c3ccccc23)cc1. The molecule has 3 heteroatoms. The Hall–Kier alpha value is -3.07. The maximum atomic E-state index is 9.53. The summed E-state index contributed by atoms with van der Waals surface area (Å²) in [7, 11) is 0. The minimum atomic E-state index is 0.267. The molecule has 22 heavy (non-hydrogen) atoms. The van der Waals surface area contributed by atoms with Crippen molar-refractivity contribution in [1.29, 1.82) is 0 Å². The molecule has 0 aliphatic heterocycles. The van der Waals surface area contributed by atoms with Crippen molar-refractivity contribution in [2.75, 3.05) is 0 Å². The lowest BCUT2D eigenvalue weighted by atomic mass is 10.0. The number of aromatic amines is 1. The summed E-state index contributed by atoms with van der Waals surface area (Å²) in [5, 5.41) is 10.7. The fourth-order valence-electron chi connectivity index (χ4n) is 2.77. The lowest BCUT2D eigenvalue weighted by Crippen LogP contribution is -1.85. The number of para-hydroxylation sites is 1. The van der Waals surface area contributed by atoms with Crippen molar-refractivity contribution >= 4 is 10.9 Å². The van der Waals surface area contributed by atoms with E-state index in [9.17, 15) is 5.11 Å². The van der Waals surface area contributed by atoms with Crippen molar-refractivity contribution < 1.29 is 5.11 Å². The normalized spacial score (nSPS) is 10.9. The van der Waals surface area contributed by atoms with Gasteiger partial charge < -0.3 is 10.1 Å². The summed E-state index contributed by atoms with van der Waals surface area (Å²) in [6.45, 7) is 0. The summed E-state index contributed by atoms with van der Waals surface area (Å²) in [4.78, 5) is 7.94. The van der Waals surface area contributed by atoms with Crippen LogP contribution in [0.2, 0.25) is 0 Å². The summed E-state index contributed by atoms with van der Waals surface area (Å²) in [5.74, 6) is 0.267. The number of hydrogen-bond acceptors (Lipinski definition) is 2. The number of hydrogen-bond donors (Lipinski definition) is 2. The van der Waals surface area contributed by atoms with Gasteiger partial charge in [-0.05, 0) is 35.9 Å². The van der Waals surface area contributed by atoms with E-state index in [2.05, 4.69) is 22.1 Å². The van der Waals surface area contributed by atoms with Gasteiger partial charge in [-0.3, -0.25) is 4.98 Å². The molecule has 0 fully saturated rings.